The van der Waals surface area contributed by atoms with E-state index in [2.05, 4.69) is 9.97 Å². The molecule has 0 aromatic carbocycles. The van der Waals surface area contributed by atoms with Gasteiger partial charge in [0.05, 0.1) is 17.1 Å². The van der Waals surface area contributed by atoms with E-state index in [1.54, 1.807) is 11.3 Å². The molecular weight excluding hydrogens is 224 g/mol. The molecule has 2 aromatic rings. The number of nitrogens with one attached hydrogen (secondary N) is 1. The fraction of sp³-hybridized carbons (Fsp3) is 0.273. The second kappa shape index (κ2) is 4.49. The third-order valence-electron chi connectivity index (χ3n) is 2.24. The number of aliphatic carboxylic acids is 1. The van der Waals surface area contributed by atoms with Crippen LogP contribution in [0.25, 0.3) is 11.3 Å². The summed E-state index contributed by atoms with van der Waals surface area (Å²) in [5, 5.41) is 9.65. The average molecular weight is 236 g/mol. The molecule has 2 N–H and O–H groups in total. The van der Waals surface area contributed by atoms with Gasteiger partial charge in [-0.25, -0.2) is 4.98 Å². The lowest BCUT2D eigenvalue weighted by molar-refractivity contribution is -0.136. The minimum absolute atomic E-state index is 0.152. The van der Waals surface area contributed by atoms with Crippen molar-refractivity contribution in [2.45, 2.75) is 19.8 Å². The monoisotopic (exact) mass is 236 g/mol. The number of aromatic amines is 1. The van der Waals surface area contributed by atoms with Crippen molar-refractivity contribution in [3.8, 4) is 11.3 Å². The van der Waals surface area contributed by atoms with Gasteiger partial charge in [-0.1, -0.05) is 0 Å². The van der Waals surface area contributed by atoms with Crippen molar-refractivity contribution in [1.29, 1.82) is 0 Å². The topological polar surface area (TPSA) is 66.0 Å². The number of rotatable bonds is 4. The zero-order valence-electron chi connectivity index (χ0n) is 8.86. The van der Waals surface area contributed by atoms with E-state index >= 15 is 0 Å². The van der Waals surface area contributed by atoms with Crippen molar-refractivity contribution in [2.24, 2.45) is 0 Å². The van der Waals surface area contributed by atoms with E-state index in [4.69, 9.17) is 5.11 Å². The maximum Gasteiger partial charge on any atom is 0.303 e. The average Bonchev–Trinajstić information content (AvgIpc) is 2.82. The number of aryl methyl sites for hydroxylation is 2. The van der Waals surface area contributed by atoms with Crippen molar-refractivity contribution in [3.05, 3.63) is 28.3 Å². The second-order valence-electron chi connectivity index (χ2n) is 3.50. The third-order valence-corrected chi connectivity index (χ3v) is 3.27. The molecule has 16 heavy (non-hydrogen) atoms. The molecule has 0 radical (unpaired) electrons. The molecule has 0 saturated heterocycles. The minimum Gasteiger partial charge on any atom is -0.481 e. The van der Waals surface area contributed by atoms with Crippen LogP contribution in [-0.4, -0.2) is 21.0 Å². The zero-order chi connectivity index (χ0) is 11.5. The summed E-state index contributed by atoms with van der Waals surface area (Å²) < 4.78 is 0. The van der Waals surface area contributed by atoms with Gasteiger partial charge < -0.3 is 10.1 Å². The van der Waals surface area contributed by atoms with Gasteiger partial charge in [0.15, 0.2) is 0 Å². The molecule has 0 aliphatic carbocycles. The van der Waals surface area contributed by atoms with E-state index < -0.39 is 5.97 Å². The van der Waals surface area contributed by atoms with Crippen molar-refractivity contribution in [1.82, 2.24) is 9.97 Å². The first-order chi connectivity index (χ1) is 7.66. The van der Waals surface area contributed by atoms with Crippen molar-refractivity contribution < 1.29 is 9.90 Å². The molecule has 0 fully saturated rings. The minimum atomic E-state index is -0.772. The zero-order valence-corrected chi connectivity index (χ0v) is 9.67. The first-order valence-electron chi connectivity index (χ1n) is 4.98. The highest BCUT2D eigenvalue weighted by atomic mass is 32.1. The van der Waals surface area contributed by atoms with Gasteiger partial charge in [0, 0.05) is 22.8 Å². The molecule has 0 spiro atoms. The predicted molar refractivity (Wildman–Crippen MR) is 62.6 cm³/mol. The molecule has 0 atom stereocenters. The Bertz CT molecular complexity index is 488. The number of thiazole rings is 1. The Kier molecular flexibility index (Phi) is 3.05. The van der Waals surface area contributed by atoms with E-state index in [-0.39, 0.29) is 6.42 Å². The Hall–Kier alpha value is -1.62. The normalized spacial score (nSPS) is 10.6. The first-order valence-corrected chi connectivity index (χ1v) is 5.79. The molecule has 0 aliphatic rings. The quantitative estimate of drug-likeness (QED) is 0.857. The molecule has 2 aromatic heterocycles. The summed E-state index contributed by atoms with van der Waals surface area (Å²) in [5.41, 5.74) is 1.93. The molecule has 0 bridgehead atoms. The number of nitrogens with zero attached hydrogens (tertiary/aromatic N) is 1. The van der Waals surface area contributed by atoms with Crippen LogP contribution in [0.4, 0.5) is 0 Å². The number of carboxylic acid groups (broad SMARTS) is 1. The molecule has 2 rings (SSSR count). The largest absolute Gasteiger partial charge is 0.481 e. The lowest BCUT2D eigenvalue weighted by Crippen LogP contribution is -1.96. The lowest BCUT2D eigenvalue weighted by Gasteiger charge is -1.97. The Balaban J connectivity index is 2.27. The molecule has 2 heterocycles. The summed E-state index contributed by atoms with van der Waals surface area (Å²) >= 11 is 1.57. The van der Waals surface area contributed by atoms with Crippen LogP contribution in [0, 0.1) is 6.92 Å². The fourth-order valence-corrected chi connectivity index (χ4v) is 2.51. The van der Waals surface area contributed by atoms with Gasteiger partial charge in [-0.3, -0.25) is 4.79 Å². The maximum absolute atomic E-state index is 10.6. The Labute approximate surface area is 97.0 Å². The summed E-state index contributed by atoms with van der Waals surface area (Å²) in [5.74, 6) is -0.772. The highest BCUT2D eigenvalue weighted by molar-refractivity contribution is 7.12. The summed E-state index contributed by atoms with van der Waals surface area (Å²) in [4.78, 5) is 19.0. The SMILES string of the molecule is Cc1nc(-c2cc[nH]c2)c(CCC(=O)O)s1. The first kappa shape index (κ1) is 10.9. The molecule has 4 nitrogen and oxygen atoms in total. The van der Waals surface area contributed by atoms with Crippen LogP contribution in [0.1, 0.15) is 16.3 Å². The third kappa shape index (κ3) is 2.30. The molecule has 0 saturated carbocycles. The smallest absolute Gasteiger partial charge is 0.303 e. The lowest BCUT2D eigenvalue weighted by atomic mass is 10.1. The van der Waals surface area contributed by atoms with Crippen LogP contribution in [0.3, 0.4) is 0 Å². The van der Waals surface area contributed by atoms with E-state index in [0.29, 0.717) is 6.42 Å². The van der Waals surface area contributed by atoms with E-state index in [1.165, 1.54) is 0 Å². The van der Waals surface area contributed by atoms with Gasteiger partial charge in [0.1, 0.15) is 0 Å². The predicted octanol–water partition coefficient (Wildman–Crippen LogP) is 2.46. The summed E-state index contributed by atoms with van der Waals surface area (Å²) in [6.07, 6.45) is 4.41. The Morgan fingerprint density at radius 2 is 2.44 bits per heavy atom. The highest BCUT2D eigenvalue weighted by Crippen LogP contribution is 2.28. The number of carbonyl (C=O) groups is 1. The molecule has 0 amide bonds. The van der Waals surface area contributed by atoms with Crippen LogP contribution in [-0.2, 0) is 11.2 Å². The van der Waals surface area contributed by atoms with Gasteiger partial charge in [0.2, 0.25) is 0 Å². The summed E-state index contributed by atoms with van der Waals surface area (Å²) in [7, 11) is 0. The van der Waals surface area contributed by atoms with Gasteiger partial charge in [-0.05, 0) is 19.4 Å². The summed E-state index contributed by atoms with van der Waals surface area (Å²) in [6, 6.07) is 1.94. The fourth-order valence-electron chi connectivity index (χ4n) is 1.56. The number of aromatic nitrogens is 2. The highest BCUT2D eigenvalue weighted by Gasteiger charge is 2.12. The molecule has 5 heteroatoms. The molecular formula is C11H12N2O2S. The van der Waals surface area contributed by atoms with Crippen LogP contribution >= 0.6 is 11.3 Å². The van der Waals surface area contributed by atoms with Crippen molar-refractivity contribution in [2.75, 3.05) is 0 Å². The van der Waals surface area contributed by atoms with Crippen LogP contribution < -0.4 is 0 Å². The second-order valence-corrected chi connectivity index (χ2v) is 4.79. The standard InChI is InChI=1S/C11H12N2O2S/c1-7-13-11(8-4-5-12-6-8)9(16-7)2-3-10(14)15/h4-6,12H,2-3H2,1H3,(H,14,15). The number of hydrogen-bond acceptors (Lipinski definition) is 3. The summed E-state index contributed by atoms with van der Waals surface area (Å²) in [6.45, 7) is 1.94. The van der Waals surface area contributed by atoms with Gasteiger partial charge in [-0.2, -0.15) is 0 Å². The van der Waals surface area contributed by atoms with E-state index in [0.717, 1.165) is 21.1 Å². The number of hydrogen-bond donors (Lipinski definition) is 2. The van der Waals surface area contributed by atoms with Crippen molar-refractivity contribution in [3.63, 3.8) is 0 Å². The van der Waals surface area contributed by atoms with Crippen LogP contribution in [0.5, 0.6) is 0 Å². The van der Waals surface area contributed by atoms with Crippen LogP contribution in [0.2, 0.25) is 0 Å². The number of H-pyrrole nitrogens is 1. The van der Waals surface area contributed by atoms with Crippen LogP contribution in [0.15, 0.2) is 18.5 Å². The van der Waals surface area contributed by atoms with E-state index in [9.17, 15) is 4.79 Å². The van der Waals surface area contributed by atoms with E-state index in [1.807, 2.05) is 25.4 Å². The molecule has 0 unspecified atom stereocenters. The molecule has 0 aliphatic heterocycles. The number of carboxylic acids is 1. The van der Waals surface area contributed by atoms with Gasteiger partial charge >= 0.3 is 5.97 Å². The van der Waals surface area contributed by atoms with Gasteiger partial charge in [-0.15, -0.1) is 11.3 Å². The van der Waals surface area contributed by atoms with Crippen molar-refractivity contribution >= 4 is 17.3 Å². The maximum atomic E-state index is 10.6. The Morgan fingerprint density at radius 3 is 3.06 bits per heavy atom. The Morgan fingerprint density at radius 1 is 1.62 bits per heavy atom. The van der Waals surface area contributed by atoms with Gasteiger partial charge in [0.25, 0.3) is 0 Å². The molecule has 84 valence electrons.